The molecule has 1 saturated heterocycles. The topological polar surface area (TPSA) is 102 Å². The van der Waals surface area contributed by atoms with Gasteiger partial charge in [-0.1, -0.05) is 25.3 Å². The van der Waals surface area contributed by atoms with Gasteiger partial charge in [0.25, 0.3) is 5.91 Å². The molecular weight excluding hydrogens is 396 g/mol. The number of anilines is 1. The molecule has 1 aliphatic carbocycles. The van der Waals surface area contributed by atoms with Gasteiger partial charge in [0.1, 0.15) is 0 Å². The highest BCUT2D eigenvalue weighted by Gasteiger charge is 2.26. The molecule has 1 aromatic carbocycles. The lowest BCUT2D eigenvalue weighted by Crippen LogP contribution is -2.40. The first-order valence-corrected chi connectivity index (χ1v) is 11.5. The molecule has 1 N–H and O–H groups in total. The summed E-state index contributed by atoms with van der Waals surface area (Å²) in [6.07, 6.45) is 5.91. The predicted molar refractivity (Wildman–Crippen MR) is 107 cm³/mol. The Morgan fingerprint density at radius 2 is 1.86 bits per heavy atom. The van der Waals surface area contributed by atoms with E-state index in [-0.39, 0.29) is 17.5 Å². The van der Waals surface area contributed by atoms with Crippen LogP contribution in [-0.4, -0.2) is 57.5 Å². The molecule has 0 bridgehead atoms. The van der Waals surface area contributed by atoms with Gasteiger partial charge in [-0.25, -0.2) is 8.42 Å². The van der Waals surface area contributed by atoms with Crippen molar-refractivity contribution in [1.29, 1.82) is 0 Å². The predicted octanol–water partition coefficient (Wildman–Crippen LogP) is 2.16. The normalized spacial score (nSPS) is 18.9. The fraction of sp³-hybridized carbons (Fsp3) is 0.600. The Labute approximate surface area is 171 Å². The minimum Gasteiger partial charge on any atom is -0.456 e. The number of hydrogen-bond acceptors (Lipinski definition) is 6. The number of morpholine rings is 1. The lowest BCUT2D eigenvalue weighted by atomic mass is 9.87. The van der Waals surface area contributed by atoms with Gasteiger partial charge < -0.3 is 14.8 Å². The molecular formula is C20H28N2O6S. The van der Waals surface area contributed by atoms with Crippen molar-refractivity contribution >= 4 is 27.6 Å². The summed E-state index contributed by atoms with van der Waals surface area (Å²) in [5.41, 5.74) is 0.340. The Morgan fingerprint density at radius 1 is 1.14 bits per heavy atom. The minimum absolute atomic E-state index is 0.103. The molecule has 0 atom stereocenters. The molecule has 3 rings (SSSR count). The van der Waals surface area contributed by atoms with Crippen LogP contribution in [0.5, 0.6) is 0 Å². The Bertz CT molecular complexity index is 814. The first-order chi connectivity index (χ1) is 13.9. The van der Waals surface area contributed by atoms with Crippen molar-refractivity contribution in [3.8, 4) is 0 Å². The van der Waals surface area contributed by atoms with Gasteiger partial charge >= 0.3 is 5.97 Å². The van der Waals surface area contributed by atoms with Crippen LogP contribution in [0, 0.1) is 5.92 Å². The molecule has 1 aromatic rings. The number of rotatable bonds is 7. The molecule has 1 amide bonds. The first kappa shape index (κ1) is 21.7. The van der Waals surface area contributed by atoms with Crippen LogP contribution in [0.25, 0.3) is 0 Å². The molecule has 160 valence electrons. The van der Waals surface area contributed by atoms with E-state index >= 15 is 0 Å². The van der Waals surface area contributed by atoms with E-state index in [9.17, 15) is 18.0 Å². The van der Waals surface area contributed by atoms with Gasteiger partial charge in [-0.15, -0.1) is 0 Å². The van der Waals surface area contributed by atoms with Crippen molar-refractivity contribution in [3.05, 3.63) is 24.3 Å². The number of sulfonamides is 1. The summed E-state index contributed by atoms with van der Waals surface area (Å²) in [5, 5.41) is 2.59. The number of benzene rings is 1. The Morgan fingerprint density at radius 3 is 2.59 bits per heavy atom. The fourth-order valence-electron chi connectivity index (χ4n) is 3.70. The second-order valence-corrected chi connectivity index (χ2v) is 9.40. The molecule has 0 spiro atoms. The van der Waals surface area contributed by atoms with Gasteiger partial charge in [0.05, 0.1) is 18.1 Å². The highest BCUT2D eigenvalue weighted by Crippen LogP contribution is 2.26. The maximum atomic E-state index is 12.7. The quantitative estimate of drug-likeness (QED) is 0.673. The lowest BCUT2D eigenvalue weighted by Gasteiger charge is -2.26. The van der Waals surface area contributed by atoms with Crippen LogP contribution < -0.4 is 5.32 Å². The Kier molecular flexibility index (Phi) is 7.63. The maximum Gasteiger partial charge on any atom is 0.306 e. The number of carbonyl (C=O) groups is 2. The van der Waals surface area contributed by atoms with Crippen molar-refractivity contribution in [1.82, 2.24) is 4.31 Å². The molecule has 2 aliphatic rings. The standard InChI is InChI=1S/C20H28N2O6S/c23-19(15-28-20(24)13-16-5-2-1-3-6-16)21-17-7-4-8-18(14-17)29(25,26)22-9-11-27-12-10-22/h4,7-8,14,16H,1-3,5-6,9-13,15H2,(H,21,23). The van der Waals surface area contributed by atoms with E-state index in [1.165, 1.54) is 22.9 Å². The molecule has 1 heterocycles. The van der Waals surface area contributed by atoms with Crippen LogP contribution in [0.3, 0.4) is 0 Å². The highest BCUT2D eigenvalue weighted by molar-refractivity contribution is 7.89. The Balaban J connectivity index is 1.51. The van der Waals surface area contributed by atoms with Crippen molar-refractivity contribution in [2.24, 2.45) is 5.92 Å². The summed E-state index contributed by atoms with van der Waals surface area (Å²) in [6, 6.07) is 6.06. The van der Waals surface area contributed by atoms with E-state index in [2.05, 4.69) is 5.32 Å². The van der Waals surface area contributed by atoms with E-state index in [0.717, 1.165) is 25.7 Å². The van der Waals surface area contributed by atoms with Gasteiger partial charge in [0.15, 0.2) is 6.61 Å². The van der Waals surface area contributed by atoms with Crippen LogP contribution in [0.15, 0.2) is 29.2 Å². The van der Waals surface area contributed by atoms with E-state index < -0.39 is 15.9 Å². The summed E-state index contributed by atoms with van der Waals surface area (Å²) in [6.45, 7) is 0.946. The van der Waals surface area contributed by atoms with Gasteiger partial charge in [0.2, 0.25) is 10.0 Å². The molecule has 9 heteroatoms. The van der Waals surface area contributed by atoms with Crippen LogP contribution in [0.2, 0.25) is 0 Å². The number of nitrogens with zero attached hydrogens (tertiary/aromatic N) is 1. The van der Waals surface area contributed by atoms with Crippen LogP contribution in [0.4, 0.5) is 5.69 Å². The Hall–Kier alpha value is -1.97. The molecule has 1 saturated carbocycles. The SMILES string of the molecule is O=C(COC(=O)CC1CCCCC1)Nc1cccc(S(=O)(=O)N2CCOCC2)c1. The van der Waals surface area contributed by atoms with Gasteiger partial charge in [-0.05, 0) is 37.0 Å². The summed E-state index contributed by atoms with van der Waals surface area (Å²) in [7, 11) is -3.65. The summed E-state index contributed by atoms with van der Waals surface area (Å²) >= 11 is 0. The third-order valence-electron chi connectivity index (χ3n) is 5.27. The monoisotopic (exact) mass is 424 g/mol. The van der Waals surface area contributed by atoms with Crippen molar-refractivity contribution < 1.29 is 27.5 Å². The van der Waals surface area contributed by atoms with E-state index in [1.807, 2.05) is 0 Å². The zero-order valence-electron chi connectivity index (χ0n) is 16.5. The lowest BCUT2D eigenvalue weighted by molar-refractivity contribution is -0.148. The minimum atomic E-state index is -3.65. The fourth-order valence-corrected chi connectivity index (χ4v) is 5.15. The van der Waals surface area contributed by atoms with Crippen LogP contribution >= 0.6 is 0 Å². The molecule has 2 fully saturated rings. The van der Waals surface area contributed by atoms with Crippen molar-refractivity contribution in [2.75, 3.05) is 38.2 Å². The molecule has 8 nitrogen and oxygen atoms in total. The second kappa shape index (κ2) is 10.2. The molecule has 29 heavy (non-hydrogen) atoms. The van der Waals surface area contributed by atoms with Crippen molar-refractivity contribution in [3.63, 3.8) is 0 Å². The zero-order valence-corrected chi connectivity index (χ0v) is 17.3. The molecule has 0 aromatic heterocycles. The largest absolute Gasteiger partial charge is 0.456 e. The number of amides is 1. The molecule has 0 unspecified atom stereocenters. The first-order valence-electron chi connectivity index (χ1n) is 10.1. The average molecular weight is 425 g/mol. The summed E-state index contributed by atoms with van der Waals surface area (Å²) in [5.74, 6) is -0.514. The van der Waals surface area contributed by atoms with Gasteiger partial charge in [-0.2, -0.15) is 4.31 Å². The number of hydrogen-bond donors (Lipinski definition) is 1. The molecule has 0 radical (unpaired) electrons. The smallest absolute Gasteiger partial charge is 0.306 e. The number of esters is 1. The molecule has 1 aliphatic heterocycles. The second-order valence-electron chi connectivity index (χ2n) is 7.46. The third-order valence-corrected chi connectivity index (χ3v) is 7.16. The van der Waals surface area contributed by atoms with Crippen LogP contribution in [0.1, 0.15) is 38.5 Å². The van der Waals surface area contributed by atoms with Crippen LogP contribution in [-0.2, 0) is 29.1 Å². The van der Waals surface area contributed by atoms with Gasteiger partial charge in [-0.3, -0.25) is 9.59 Å². The van der Waals surface area contributed by atoms with E-state index in [1.54, 1.807) is 12.1 Å². The number of ether oxygens (including phenoxy) is 2. The third kappa shape index (κ3) is 6.25. The number of nitrogens with one attached hydrogen (secondary N) is 1. The summed E-state index contributed by atoms with van der Waals surface area (Å²) < 4.78 is 37.1. The maximum absolute atomic E-state index is 12.7. The zero-order chi connectivity index (χ0) is 20.7. The van der Waals surface area contributed by atoms with Gasteiger partial charge in [0, 0.05) is 25.2 Å². The highest BCUT2D eigenvalue weighted by atomic mass is 32.2. The van der Waals surface area contributed by atoms with E-state index in [4.69, 9.17) is 9.47 Å². The summed E-state index contributed by atoms with van der Waals surface area (Å²) in [4.78, 5) is 24.1. The van der Waals surface area contributed by atoms with E-state index in [0.29, 0.717) is 44.3 Å². The average Bonchev–Trinajstić information content (AvgIpc) is 2.74. The van der Waals surface area contributed by atoms with Crippen molar-refractivity contribution in [2.45, 2.75) is 43.4 Å². The number of carbonyl (C=O) groups excluding carboxylic acids is 2.